The number of halogens is 2. The maximum absolute atomic E-state index is 7.17. The molecule has 2 fully saturated rings. The Kier molecular flexibility index (Phi) is 7.66. The Hall–Kier alpha value is -4.00. The molecule has 4 aliphatic rings. The number of benzene rings is 4. The molecule has 2 aliphatic carbocycles. The Morgan fingerprint density at radius 1 is 0.630 bits per heavy atom. The number of aliphatic imine (C=N–C) groups is 2. The van der Waals surface area contributed by atoms with E-state index < -0.39 is 0 Å². The van der Waals surface area contributed by atoms with E-state index >= 15 is 0 Å². The molecule has 2 heterocycles. The highest BCUT2D eigenvalue weighted by molar-refractivity contribution is 6.34. The van der Waals surface area contributed by atoms with Gasteiger partial charge in [-0.15, -0.1) is 0 Å². The second-order valence-corrected chi connectivity index (χ2v) is 13.9. The SMILES string of the molecule is Clc1cccc(CNC2=Nc3cc(-c4cccc(CNC5=Nc6ccccc6NC56CCCCCC6)c4Cl)ccc3NC23CC3)c1. The molecule has 0 unspecified atom stereocenters. The number of nitrogens with zero attached hydrogens (tertiary/aromatic N) is 2. The van der Waals surface area contributed by atoms with E-state index in [-0.39, 0.29) is 11.1 Å². The van der Waals surface area contributed by atoms with Gasteiger partial charge in [0, 0.05) is 23.7 Å². The van der Waals surface area contributed by atoms with Gasteiger partial charge in [0.25, 0.3) is 0 Å². The first-order chi connectivity index (χ1) is 22.5. The van der Waals surface area contributed by atoms with E-state index in [1.807, 2.05) is 24.3 Å². The Bertz CT molecular complexity index is 1850. The van der Waals surface area contributed by atoms with Crippen molar-refractivity contribution in [1.29, 1.82) is 0 Å². The van der Waals surface area contributed by atoms with Gasteiger partial charge in [-0.05, 0) is 78.8 Å². The summed E-state index contributed by atoms with van der Waals surface area (Å²) in [5, 5.41) is 16.5. The van der Waals surface area contributed by atoms with Crippen LogP contribution in [0.2, 0.25) is 10.0 Å². The van der Waals surface area contributed by atoms with Gasteiger partial charge in [0.05, 0.1) is 38.9 Å². The van der Waals surface area contributed by atoms with Crippen molar-refractivity contribution in [2.45, 2.75) is 75.5 Å². The molecule has 2 spiro atoms. The van der Waals surface area contributed by atoms with E-state index in [1.54, 1.807) is 0 Å². The monoisotopic (exact) mass is 648 g/mol. The van der Waals surface area contributed by atoms with E-state index in [0.717, 1.165) is 92.4 Å². The van der Waals surface area contributed by atoms with Gasteiger partial charge < -0.3 is 21.3 Å². The Balaban J connectivity index is 1.05. The van der Waals surface area contributed by atoms with Crippen molar-refractivity contribution >= 4 is 57.6 Å². The fourth-order valence-electron chi connectivity index (χ4n) is 7.21. The molecule has 4 N–H and O–H groups in total. The summed E-state index contributed by atoms with van der Waals surface area (Å²) in [6.45, 7) is 1.27. The van der Waals surface area contributed by atoms with E-state index in [4.69, 9.17) is 33.2 Å². The van der Waals surface area contributed by atoms with Crippen molar-refractivity contribution in [3.05, 3.63) is 106 Å². The van der Waals surface area contributed by atoms with Crippen LogP contribution < -0.4 is 21.3 Å². The molecule has 2 saturated carbocycles. The van der Waals surface area contributed by atoms with Crippen LogP contribution in [-0.4, -0.2) is 22.7 Å². The average molecular weight is 650 g/mol. The molecule has 2 aliphatic heterocycles. The number of anilines is 2. The second-order valence-electron chi connectivity index (χ2n) is 13.1. The average Bonchev–Trinajstić information content (AvgIpc) is 3.87. The molecule has 4 aromatic rings. The normalized spacial score (nSPS) is 18.7. The van der Waals surface area contributed by atoms with Crippen molar-refractivity contribution < 1.29 is 0 Å². The number of hydrogen-bond acceptors (Lipinski definition) is 6. The van der Waals surface area contributed by atoms with Crippen LogP contribution in [0, 0.1) is 0 Å². The number of nitrogens with one attached hydrogen (secondary N) is 4. The first kappa shape index (κ1) is 29.4. The number of rotatable bonds is 5. The van der Waals surface area contributed by atoms with Gasteiger partial charge >= 0.3 is 0 Å². The molecule has 46 heavy (non-hydrogen) atoms. The molecular formula is C38H38Cl2N6. The summed E-state index contributed by atoms with van der Waals surface area (Å²) in [5.74, 6) is 2.01. The van der Waals surface area contributed by atoms with Gasteiger partial charge in [0.2, 0.25) is 0 Å². The molecule has 8 heteroatoms. The van der Waals surface area contributed by atoms with Crippen LogP contribution in [0.5, 0.6) is 0 Å². The molecule has 4 aromatic carbocycles. The Morgan fingerprint density at radius 2 is 1.33 bits per heavy atom. The van der Waals surface area contributed by atoms with Crippen molar-refractivity contribution in [2.75, 3.05) is 10.6 Å². The van der Waals surface area contributed by atoms with Crippen molar-refractivity contribution in [3.63, 3.8) is 0 Å². The lowest BCUT2D eigenvalue weighted by atomic mass is 9.86. The zero-order valence-electron chi connectivity index (χ0n) is 25.8. The molecule has 0 radical (unpaired) electrons. The molecule has 8 rings (SSSR count). The summed E-state index contributed by atoms with van der Waals surface area (Å²) in [7, 11) is 0. The summed E-state index contributed by atoms with van der Waals surface area (Å²) in [6.07, 6.45) is 9.19. The summed E-state index contributed by atoms with van der Waals surface area (Å²) >= 11 is 13.4. The van der Waals surface area contributed by atoms with Crippen LogP contribution in [0.3, 0.4) is 0 Å². The lowest BCUT2D eigenvalue weighted by Gasteiger charge is -2.40. The highest BCUT2D eigenvalue weighted by Gasteiger charge is 2.50. The van der Waals surface area contributed by atoms with Gasteiger partial charge in [-0.25, -0.2) is 9.98 Å². The number of para-hydroxylation sites is 2. The third-order valence-electron chi connectivity index (χ3n) is 9.91. The van der Waals surface area contributed by atoms with Crippen LogP contribution in [0.4, 0.5) is 22.7 Å². The van der Waals surface area contributed by atoms with Gasteiger partial charge in [-0.3, -0.25) is 0 Å². The molecule has 0 atom stereocenters. The van der Waals surface area contributed by atoms with Crippen molar-refractivity contribution in [3.8, 4) is 11.1 Å². The van der Waals surface area contributed by atoms with E-state index in [2.05, 4.69) is 81.9 Å². The highest BCUT2D eigenvalue weighted by atomic mass is 35.5. The lowest BCUT2D eigenvalue weighted by Crippen LogP contribution is -2.53. The maximum Gasteiger partial charge on any atom is 0.128 e. The van der Waals surface area contributed by atoms with Crippen LogP contribution >= 0.6 is 23.2 Å². The highest BCUT2D eigenvalue weighted by Crippen LogP contribution is 2.47. The summed E-state index contributed by atoms with van der Waals surface area (Å²) in [4.78, 5) is 10.3. The lowest BCUT2D eigenvalue weighted by molar-refractivity contribution is 0.511. The third kappa shape index (κ3) is 5.62. The molecule has 234 valence electrons. The van der Waals surface area contributed by atoms with Crippen LogP contribution in [-0.2, 0) is 13.1 Å². The first-order valence-corrected chi connectivity index (χ1v) is 17.2. The van der Waals surface area contributed by atoms with Gasteiger partial charge in [0.15, 0.2) is 0 Å². The minimum Gasteiger partial charge on any atom is -0.371 e. The van der Waals surface area contributed by atoms with Gasteiger partial charge in [-0.1, -0.05) is 97.4 Å². The summed E-state index contributed by atoms with van der Waals surface area (Å²) < 4.78 is 0. The quantitative estimate of drug-likeness (QED) is 0.174. The van der Waals surface area contributed by atoms with E-state index in [0.29, 0.717) is 13.1 Å². The minimum absolute atomic E-state index is 0.109. The second kappa shape index (κ2) is 12.0. The predicted molar refractivity (Wildman–Crippen MR) is 192 cm³/mol. The predicted octanol–water partition coefficient (Wildman–Crippen LogP) is 9.78. The Morgan fingerprint density at radius 3 is 2.11 bits per heavy atom. The first-order valence-electron chi connectivity index (χ1n) is 16.5. The van der Waals surface area contributed by atoms with Crippen molar-refractivity contribution in [1.82, 2.24) is 10.6 Å². The van der Waals surface area contributed by atoms with E-state index in [1.165, 1.54) is 25.7 Å². The zero-order valence-corrected chi connectivity index (χ0v) is 27.3. The van der Waals surface area contributed by atoms with Crippen LogP contribution in [0.15, 0.2) is 94.9 Å². The fraction of sp³-hybridized carbons (Fsp3) is 0.316. The molecule has 0 aromatic heterocycles. The minimum atomic E-state index is -0.171. The summed E-state index contributed by atoms with van der Waals surface area (Å²) in [5.41, 5.74) is 8.02. The Labute approximate surface area is 280 Å². The molecule has 6 nitrogen and oxygen atoms in total. The van der Waals surface area contributed by atoms with Crippen LogP contribution in [0.1, 0.15) is 62.5 Å². The number of amidine groups is 2. The molecule has 0 saturated heterocycles. The third-order valence-corrected chi connectivity index (χ3v) is 10.6. The topological polar surface area (TPSA) is 72.8 Å². The fourth-order valence-corrected chi connectivity index (χ4v) is 7.73. The van der Waals surface area contributed by atoms with Gasteiger partial charge in [-0.2, -0.15) is 0 Å². The standard InChI is InChI=1S/C38H38Cl2N6/c39-28-11-7-9-25(21-28)23-41-36-38(19-20-38)46-32-16-15-26(22-33(32)44-36)29-12-8-10-27(34(29)40)24-42-35-37(17-5-1-2-6-18-37)45-31-14-4-3-13-30(31)43-35/h3-4,7-16,21-22,45-46H,1-2,5-6,17-20,23-24H2,(H,41,44)(H,42,43). The van der Waals surface area contributed by atoms with Crippen LogP contribution in [0.25, 0.3) is 11.1 Å². The molecular weight excluding hydrogens is 611 g/mol. The number of hydrogen-bond donors (Lipinski definition) is 4. The maximum atomic E-state index is 7.17. The molecule has 0 bridgehead atoms. The molecule has 0 amide bonds. The zero-order chi connectivity index (χ0) is 31.1. The smallest absolute Gasteiger partial charge is 0.128 e. The van der Waals surface area contributed by atoms with Crippen molar-refractivity contribution in [2.24, 2.45) is 9.98 Å². The van der Waals surface area contributed by atoms with E-state index in [9.17, 15) is 0 Å². The largest absolute Gasteiger partial charge is 0.371 e. The summed E-state index contributed by atoms with van der Waals surface area (Å²) in [6, 6.07) is 29.0. The van der Waals surface area contributed by atoms with Gasteiger partial charge in [0.1, 0.15) is 11.7 Å². The number of fused-ring (bicyclic) bond motifs is 2.